The van der Waals surface area contributed by atoms with Crippen molar-refractivity contribution in [3.05, 3.63) is 65.5 Å². The quantitative estimate of drug-likeness (QED) is 0.627. The minimum absolute atomic E-state index is 0.300. The van der Waals surface area contributed by atoms with Crippen molar-refractivity contribution in [2.24, 2.45) is 0 Å². The number of carbonyl (C=O) groups is 2. The molecule has 5 heteroatoms. The van der Waals surface area contributed by atoms with E-state index >= 15 is 0 Å². The van der Waals surface area contributed by atoms with Gasteiger partial charge in [-0.1, -0.05) is 6.07 Å². The molecule has 0 bridgehead atoms. The largest absolute Gasteiger partial charge is 0.451 e. The molecule has 0 aliphatic heterocycles. The lowest BCUT2D eigenvalue weighted by Gasteiger charge is -2.15. The van der Waals surface area contributed by atoms with Crippen LogP contribution in [0.25, 0.3) is 0 Å². The molecule has 2 aromatic rings. The van der Waals surface area contributed by atoms with Crippen LogP contribution in [0.2, 0.25) is 0 Å². The topological polar surface area (TPSA) is 46.6 Å². The van der Waals surface area contributed by atoms with Gasteiger partial charge in [-0.3, -0.25) is 4.79 Å². The lowest BCUT2D eigenvalue weighted by molar-refractivity contribution is 0.0319. The second-order valence-electron chi connectivity index (χ2n) is 5.36. The standard InChI is InChI=1S/C18H18FNO3/c1-12(17(21)13-7-9-15(19)10-8-13)23-18(22)14-5-4-6-16(11-14)20(2)3/h4-12H,1-3H3/t12-/m0/s1. The van der Waals surface area contributed by atoms with Gasteiger partial charge >= 0.3 is 5.97 Å². The third-order valence-electron chi connectivity index (χ3n) is 3.38. The van der Waals surface area contributed by atoms with E-state index in [2.05, 4.69) is 0 Å². The molecule has 0 N–H and O–H groups in total. The summed E-state index contributed by atoms with van der Waals surface area (Å²) < 4.78 is 18.1. The zero-order valence-electron chi connectivity index (χ0n) is 13.2. The molecule has 0 heterocycles. The van der Waals surface area contributed by atoms with Gasteiger partial charge in [0.15, 0.2) is 6.10 Å². The predicted octanol–water partition coefficient (Wildman–Crippen LogP) is 3.32. The molecule has 120 valence electrons. The van der Waals surface area contributed by atoms with E-state index in [0.717, 1.165) is 5.69 Å². The molecule has 0 radical (unpaired) electrons. The monoisotopic (exact) mass is 315 g/mol. The van der Waals surface area contributed by atoms with E-state index < -0.39 is 17.9 Å². The van der Waals surface area contributed by atoms with Gasteiger partial charge in [-0.05, 0) is 49.4 Å². The molecule has 0 aliphatic rings. The maximum atomic E-state index is 12.9. The summed E-state index contributed by atoms with van der Waals surface area (Å²) in [4.78, 5) is 26.2. The Kier molecular flexibility index (Phi) is 5.11. The first kappa shape index (κ1) is 16.7. The van der Waals surface area contributed by atoms with Gasteiger partial charge in [0.2, 0.25) is 5.78 Å². The number of carbonyl (C=O) groups excluding carboxylic acids is 2. The fourth-order valence-electron chi connectivity index (χ4n) is 2.04. The summed E-state index contributed by atoms with van der Waals surface area (Å²) in [7, 11) is 3.73. The van der Waals surface area contributed by atoms with E-state index in [1.54, 1.807) is 18.2 Å². The first-order valence-electron chi connectivity index (χ1n) is 7.16. The van der Waals surface area contributed by atoms with Crippen molar-refractivity contribution < 1.29 is 18.7 Å². The van der Waals surface area contributed by atoms with Crippen LogP contribution >= 0.6 is 0 Å². The van der Waals surface area contributed by atoms with E-state index in [1.165, 1.54) is 31.2 Å². The van der Waals surface area contributed by atoms with Crippen molar-refractivity contribution >= 4 is 17.4 Å². The molecule has 1 atom stereocenters. The number of esters is 1. The highest BCUT2D eigenvalue weighted by Crippen LogP contribution is 2.16. The van der Waals surface area contributed by atoms with Crippen molar-refractivity contribution in [1.29, 1.82) is 0 Å². The van der Waals surface area contributed by atoms with Crippen LogP contribution in [0.15, 0.2) is 48.5 Å². The van der Waals surface area contributed by atoms with Gasteiger partial charge < -0.3 is 9.64 Å². The average molecular weight is 315 g/mol. The Bertz CT molecular complexity index is 710. The smallest absolute Gasteiger partial charge is 0.338 e. The van der Waals surface area contributed by atoms with Gasteiger partial charge in [0.1, 0.15) is 5.82 Å². The maximum absolute atomic E-state index is 12.9. The summed E-state index contributed by atoms with van der Waals surface area (Å²) in [5, 5.41) is 0. The van der Waals surface area contributed by atoms with Crippen LogP contribution in [-0.2, 0) is 4.74 Å². The fourth-order valence-corrected chi connectivity index (χ4v) is 2.04. The molecule has 2 rings (SSSR count). The molecule has 0 unspecified atom stereocenters. The highest BCUT2D eigenvalue weighted by atomic mass is 19.1. The second kappa shape index (κ2) is 7.05. The zero-order valence-corrected chi connectivity index (χ0v) is 13.2. The predicted molar refractivity (Wildman–Crippen MR) is 86.4 cm³/mol. The van der Waals surface area contributed by atoms with E-state index in [-0.39, 0.29) is 5.78 Å². The number of ketones is 1. The van der Waals surface area contributed by atoms with Crippen LogP contribution in [0.4, 0.5) is 10.1 Å². The molecular formula is C18H18FNO3. The minimum Gasteiger partial charge on any atom is -0.451 e. The van der Waals surface area contributed by atoms with E-state index in [9.17, 15) is 14.0 Å². The van der Waals surface area contributed by atoms with Crippen LogP contribution in [0.5, 0.6) is 0 Å². The summed E-state index contributed by atoms with van der Waals surface area (Å²) >= 11 is 0. The van der Waals surface area contributed by atoms with Crippen molar-refractivity contribution in [1.82, 2.24) is 0 Å². The third kappa shape index (κ3) is 4.16. The molecule has 2 aromatic carbocycles. The zero-order chi connectivity index (χ0) is 17.0. The Balaban J connectivity index is 2.08. The molecule has 0 saturated heterocycles. The number of anilines is 1. The lowest BCUT2D eigenvalue weighted by Crippen LogP contribution is -2.24. The van der Waals surface area contributed by atoms with Gasteiger partial charge in [0.05, 0.1) is 5.56 Å². The van der Waals surface area contributed by atoms with Gasteiger partial charge in [-0.15, -0.1) is 0 Å². The minimum atomic E-state index is -0.948. The third-order valence-corrected chi connectivity index (χ3v) is 3.38. The Morgan fingerprint density at radius 2 is 1.70 bits per heavy atom. The van der Waals surface area contributed by atoms with Gasteiger partial charge in [-0.2, -0.15) is 0 Å². The molecule has 23 heavy (non-hydrogen) atoms. The molecule has 0 spiro atoms. The van der Waals surface area contributed by atoms with Crippen molar-refractivity contribution in [2.45, 2.75) is 13.0 Å². The average Bonchev–Trinajstić information content (AvgIpc) is 2.54. The highest BCUT2D eigenvalue weighted by molar-refractivity contribution is 6.01. The van der Waals surface area contributed by atoms with E-state index in [4.69, 9.17) is 4.74 Å². The number of benzene rings is 2. The summed E-state index contributed by atoms with van der Waals surface area (Å²) in [5.74, 6) is -1.37. The number of hydrogen-bond donors (Lipinski definition) is 0. The molecule has 0 saturated carbocycles. The highest BCUT2D eigenvalue weighted by Gasteiger charge is 2.20. The lowest BCUT2D eigenvalue weighted by atomic mass is 10.1. The van der Waals surface area contributed by atoms with Crippen LogP contribution < -0.4 is 4.90 Å². The first-order chi connectivity index (χ1) is 10.9. The first-order valence-corrected chi connectivity index (χ1v) is 7.16. The van der Waals surface area contributed by atoms with Gasteiger partial charge in [0, 0.05) is 25.3 Å². The Morgan fingerprint density at radius 3 is 2.30 bits per heavy atom. The molecule has 4 nitrogen and oxygen atoms in total. The van der Waals surface area contributed by atoms with E-state index in [0.29, 0.717) is 11.1 Å². The Labute approximate surface area is 134 Å². The molecule has 0 fully saturated rings. The van der Waals surface area contributed by atoms with Crippen LogP contribution in [0.3, 0.4) is 0 Å². The van der Waals surface area contributed by atoms with Crippen LogP contribution in [-0.4, -0.2) is 32.0 Å². The number of ether oxygens (including phenoxy) is 1. The molecule has 0 aliphatic carbocycles. The fraction of sp³-hybridized carbons (Fsp3) is 0.222. The van der Waals surface area contributed by atoms with Crippen LogP contribution in [0, 0.1) is 5.82 Å². The number of nitrogens with zero attached hydrogens (tertiary/aromatic N) is 1. The molecule has 0 aromatic heterocycles. The number of halogens is 1. The second-order valence-corrected chi connectivity index (χ2v) is 5.36. The van der Waals surface area contributed by atoms with E-state index in [1.807, 2.05) is 25.1 Å². The van der Waals surface area contributed by atoms with Crippen molar-refractivity contribution in [3.8, 4) is 0 Å². The van der Waals surface area contributed by atoms with Crippen LogP contribution in [0.1, 0.15) is 27.6 Å². The summed E-state index contributed by atoms with van der Waals surface area (Å²) in [6, 6.07) is 12.1. The normalized spacial score (nSPS) is 11.7. The molecule has 0 amide bonds. The van der Waals surface area contributed by atoms with Gasteiger partial charge in [-0.25, -0.2) is 9.18 Å². The SMILES string of the molecule is C[C@H](OC(=O)c1cccc(N(C)C)c1)C(=O)c1ccc(F)cc1. The Morgan fingerprint density at radius 1 is 1.04 bits per heavy atom. The van der Waals surface area contributed by atoms with Gasteiger partial charge in [0.25, 0.3) is 0 Å². The summed E-state index contributed by atoms with van der Waals surface area (Å²) in [5.41, 5.74) is 1.53. The number of rotatable bonds is 5. The van der Waals surface area contributed by atoms with Crippen molar-refractivity contribution in [2.75, 3.05) is 19.0 Å². The molecular weight excluding hydrogens is 297 g/mol. The number of hydrogen-bond acceptors (Lipinski definition) is 4. The maximum Gasteiger partial charge on any atom is 0.338 e. The Hall–Kier alpha value is -2.69. The number of Topliss-reactive ketones (excluding diaryl/α,β-unsaturated/α-hetero) is 1. The summed E-state index contributed by atoms with van der Waals surface area (Å²) in [6.45, 7) is 1.50. The summed E-state index contributed by atoms with van der Waals surface area (Å²) in [6.07, 6.45) is -0.948. The van der Waals surface area contributed by atoms with Crippen molar-refractivity contribution in [3.63, 3.8) is 0 Å².